The molecule has 0 heterocycles. The van der Waals surface area contributed by atoms with Crippen LogP contribution in [0.1, 0.15) is 0 Å². The fourth-order valence-corrected chi connectivity index (χ4v) is 0.739. The van der Waals surface area contributed by atoms with E-state index in [0.29, 0.717) is 0 Å². The van der Waals surface area contributed by atoms with Gasteiger partial charge >= 0.3 is 19.5 Å². The van der Waals surface area contributed by atoms with Gasteiger partial charge in [-0.3, -0.25) is 0 Å². The Morgan fingerprint density at radius 3 is 2.00 bits per heavy atom. The summed E-state index contributed by atoms with van der Waals surface area (Å²) in [4.78, 5) is 0. The van der Waals surface area contributed by atoms with Crippen molar-refractivity contribution in [1.29, 1.82) is 0 Å². The normalized spacial score (nSPS) is 8.00. The zero-order valence-corrected chi connectivity index (χ0v) is 8.60. The molecule has 13 heavy (non-hydrogen) atoms. The van der Waals surface area contributed by atoms with Crippen molar-refractivity contribution >= 4 is 0 Å². The van der Waals surface area contributed by atoms with Crippen LogP contribution in [0.4, 0.5) is 0 Å². The molecule has 2 aromatic carbocycles. The molecule has 0 saturated heterocycles. The molecule has 0 fully saturated rings. The van der Waals surface area contributed by atoms with E-state index in [4.69, 9.17) is 10.2 Å². The van der Waals surface area contributed by atoms with Crippen LogP contribution in [0.3, 0.4) is 0 Å². The Balaban J connectivity index is 0.000000215. The van der Waals surface area contributed by atoms with Crippen molar-refractivity contribution < 1.29 is 29.7 Å². The van der Waals surface area contributed by atoms with Crippen molar-refractivity contribution in [2.75, 3.05) is 0 Å². The van der Waals surface area contributed by atoms with E-state index < -0.39 is 0 Å². The summed E-state index contributed by atoms with van der Waals surface area (Å²) < 4.78 is 0. The van der Waals surface area contributed by atoms with Gasteiger partial charge in [-0.05, 0) is 5.75 Å². The minimum absolute atomic E-state index is 0. The summed E-state index contributed by atoms with van der Waals surface area (Å²) in [6.07, 6.45) is 0. The Hall–Kier alpha value is -1.08. The van der Waals surface area contributed by atoms with Gasteiger partial charge in [0.15, 0.2) is 0 Å². The van der Waals surface area contributed by atoms with Crippen molar-refractivity contribution in [3.63, 3.8) is 0 Å². The van der Waals surface area contributed by atoms with Crippen LogP contribution in [0.15, 0.2) is 48.5 Å². The SMILES string of the molecule is Oc1cc[c-](O)c1.[Ru+2].c1cc[cH-]c1. The molecule has 2 aromatic rings. The summed E-state index contributed by atoms with van der Waals surface area (Å²) >= 11 is 0. The summed E-state index contributed by atoms with van der Waals surface area (Å²) in [5, 5.41) is 17.0. The molecule has 2 nitrogen and oxygen atoms in total. The molecule has 0 aliphatic rings. The predicted octanol–water partition coefficient (Wildman–Crippen LogP) is 2.22. The van der Waals surface area contributed by atoms with Crippen LogP contribution >= 0.6 is 0 Å². The van der Waals surface area contributed by atoms with Crippen LogP contribution in [-0.4, -0.2) is 10.2 Å². The van der Waals surface area contributed by atoms with Crippen molar-refractivity contribution in [3.05, 3.63) is 48.5 Å². The van der Waals surface area contributed by atoms with Crippen LogP contribution in [0, 0.1) is 0 Å². The summed E-state index contributed by atoms with van der Waals surface area (Å²) in [6.45, 7) is 0. The summed E-state index contributed by atoms with van der Waals surface area (Å²) in [6, 6.07) is 14.1. The van der Waals surface area contributed by atoms with Crippen molar-refractivity contribution in [1.82, 2.24) is 0 Å². The minimum atomic E-state index is 0. The van der Waals surface area contributed by atoms with Gasteiger partial charge in [0, 0.05) is 5.75 Å². The second kappa shape index (κ2) is 6.44. The van der Waals surface area contributed by atoms with Gasteiger partial charge in [-0.15, -0.1) is 12.1 Å². The first-order valence-corrected chi connectivity index (χ1v) is 3.60. The van der Waals surface area contributed by atoms with E-state index >= 15 is 0 Å². The second-order valence-electron chi connectivity index (χ2n) is 2.29. The maximum Gasteiger partial charge on any atom is 2.00 e. The maximum absolute atomic E-state index is 8.49. The first-order chi connectivity index (χ1) is 5.79. The van der Waals surface area contributed by atoms with Crippen LogP contribution in [0.2, 0.25) is 0 Å². The molecule has 3 heteroatoms. The molecule has 2 N–H and O–H groups in total. The Kier molecular flexibility index (Phi) is 5.91. The summed E-state index contributed by atoms with van der Waals surface area (Å²) in [5.41, 5.74) is 0. The first kappa shape index (κ1) is 11.9. The molecule has 0 aliphatic heterocycles. The largest absolute Gasteiger partial charge is 2.00 e. The monoisotopic (exact) mass is 264 g/mol. The van der Waals surface area contributed by atoms with E-state index in [9.17, 15) is 0 Å². The maximum atomic E-state index is 8.49. The molecule has 2 rings (SSSR count). The molecule has 70 valence electrons. The molecule has 0 amide bonds. The number of hydrogen-bond donors (Lipinski definition) is 2. The number of aromatic hydroxyl groups is 2. The first-order valence-electron chi connectivity index (χ1n) is 3.60. The second-order valence-corrected chi connectivity index (χ2v) is 2.29. The van der Waals surface area contributed by atoms with E-state index in [1.807, 2.05) is 30.3 Å². The Morgan fingerprint density at radius 2 is 1.85 bits per heavy atom. The van der Waals surface area contributed by atoms with Gasteiger partial charge in [0.2, 0.25) is 0 Å². The quantitative estimate of drug-likeness (QED) is 0.565. The molecular formula is C10H10O2Ru. The number of hydrogen-bond acceptors (Lipinski definition) is 2. The predicted molar refractivity (Wildman–Crippen MR) is 47.4 cm³/mol. The average Bonchev–Trinajstić information content (AvgIpc) is 2.63. The van der Waals surface area contributed by atoms with Gasteiger partial charge in [0.1, 0.15) is 0 Å². The fourth-order valence-electron chi connectivity index (χ4n) is 0.739. The van der Waals surface area contributed by atoms with Crippen molar-refractivity contribution in [2.45, 2.75) is 0 Å². The molecule has 0 saturated carbocycles. The molecular weight excluding hydrogens is 253 g/mol. The van der Waals surface area contributed by atoms with Gasteiger partial charge in [0.05, 0.1) is 0 Å². The van der Waals surface area contributed by atoms with Crippen molar-refractivity contribution in [2.24, 2.45) is 0 Å². The van der Waals surface area contributed by atoms with Crippen LogP contribution in [0.25, 0.3) is 0 Å². The third-order valence-corrected chi connectivity index (χ3v) is 1.28. The molecule has 0 radical (unpaired) electrons. The molecule has 0 aromatic heterocycles. The minimum Gasteiger partial charge on any atom is -0.577 e. The van der Waals surface area contributed by atoms with Gasteiger partial charge in [-0.25, -0.2) is 12.1 Å². The summed E-state index contributed by atoms with van der Waals surface area (Å²) in [7, 11) is 0. The van der Waals surface area contributed by atoms with Crippen LogP contribution in [-0.2, 0) is 19.5 Å². The van der Waals surface area contributed by atoms with E-state index in [1.165, 1.54) is 18.2 Å². The molecule has 0 unspecified atom stereocenters. The van der Waals surface area contributed by atoms with E-state index in [2.05, 4.69) is 0 Å². The molecule has 0 spiro atoms. The van der Waals surface area contributed by atoms with E-state index in [0.717, 1.165) is 0 Å². The Bertz CT molecular complexity index is 265. The van der Waals surface area contributed by atoms with Gasteiger partial charge in [-0.2, -0.15) is 24.3 Å². The third-order valence-electron chi connectivity index (χ3n) is 1.28. The van der Waals surface area contributed by atoms with Crippen LogP contribution in [0.5, 0.6) is 11.5 Å². The Labute approximate surface area is 89.9 Å². The topological polar surface area (TPSA) is 40.5 Å². The average molecular weight is 263 g/mol. The Morgan fingerprint density at radius 1 is 1.23 bits per heavy atom. The zero-order chi connectivity index (χ0) is 8.81. The van der Waals surface area contributed by atoms with Gasteiger partial charge in [-0.1, -0.05) is 0 Å². The molecule has 0 atom stereocenters. The summed E-state index contributed by atoms with van der Waals surface area (Å²) in [5.74, 6) is 0.218. The standard InChI is InChI=1S/C5H5O2.C5H5.Ru/c6-4-1-2-5(7)3-4;1-2-4-5-3-1;/h1-3,6-7H;1-5H;/q2*-1;+2. The zero-order valence-electron chi connectivity index (χ0n) is 6.87. The van der Waals surface area contributed by atoms with Crippen LogP contribution < -0.4 is 0 Å². The van der Waals surface area contributed by atoms with Gasteiger partial charge in [0.25, 0.3) is 0 Å². The van der Waals surface area contributed by atoms with E-state index in [1.54, 1.807) is 0 Å². The fraction of sp³-hybridized carbons (Fsp3) is 0. The molecule has 0 bridgehead atoms. The van der Waals surface area contributed by atoms with E-state index in [-0.39, 0.29) is 31.0 Å². The van der Waals surface area contributed by atoms with Crippen molar-refractivity contribution in [3.8, 4) is 11.5 Å². The number of rotatable bonds is 0. The molecule has 0 aliphatic carbocycles. The smallest absolute Gasteiger partial charge is 0.577 e. The third kappa shape index (κ3) is 5.21. The van der Waals surface area contributed by atoms with Gasteiger partial charge < -0.3 is 10.2 Å².